The van der Waals surface area contributed by atoms with Crippen LogP contribution in [0.2, 0.25) is 0 Å². The van der Waals surface area contributed by atoms with Gasteiger partial charge >= 0.3 is 0 Å². The van der Waals surface area contributed by atoms with Gasteiger partial charge in [0.15, 0.2) is 0 Å². The summed E-state index contributed by atoms with van der Waals surface area (Å²) in [6.07, 6.45) is 6.95. The van der Waals surface area contributed by atoms with Gasteiger partial charge in [0.05, 0.1) is 5.69 Å². The quantitative estimate of drug-likeness (QED) is 0.636. The highest BCUT2D eigenvalue weighted by atomic mass is 16.3. The topological polar surface area (TPSA) is 49.5 Å². The van der Waals surface area contributed by atoms with Crippen molar-refractivity contribution in [3.63, 3.8) is 0 Å². The lowest BCUT2D eigenvalue weighted by Gasteiger charge is -2.27. The lowest BCUT2D eigenvalue weighted by atomic mass is 9.89. The summed E-state index contributed by atoms with van der Waals surface area (Å²) in [5, 5.41) is 9.40. The number of anilines is 1. The summed E-state index contributed by atoms with van der Waals surface area (Å²) < 4.78 is 0. The molecule has 0 aliphatic heterocycles. The van der Waals surface area contributed by atoms with Crippen LogP contribution in [-0.2, 0) is 6.54 Å². The van der Waals surface area contributed by atoms with Crippen molar-refractivity contribution in [2.45, 2.75) is 38.6 Å². The minimum atomic E-state index is 0.175. The second-order valence-corrected chi connectivity index (χ2v) is 5.59. The number of nitrogens with zero attached hydrogens (tertiary/aromatic N) is 1. The highest BCUT2D eigenvalue weighted by molar-refractivity contribution is 5.53. The largest absolute Gasteiger partial charge is 0.506 e. The molecule has 3 N–H and O–H groups in total. The van der Waals surface area contributed by atoms with Crippen molar-refractivity contribution >= 4 is 5.69 Å². The number of phenolic OH excluding ortho intramolecular Hbond substituents is 1. The van der Waals surface area contributed by atoms with Gasteiger partial charge in [-0.3, -0.25) is 0 Å². The molecule has 0 unspecified atom stereocenters. The van der Waals surface area contributed by atoms with Crippen molar-refractivity contribution in [1.29, 1.82) is 0 Å². The molecule has 1 saturated carbocycles. The van der Waals surface area contributed by atoms with Crippen LogP contribution in [0, 0.1) is 5.92 Å². The molecule has 1 aromatic rings. The lowest BCUT2D eigenvalue weighted by Crippen LogP contribution is -2.26. The van der Waals surface area contributed by atoms with E-state index in [1.54, 1.807) is 6.07 Å². The summed E-state index contributed by atoms with van der Waals surface area (Å²) in [4.78, 5) is 2.36. The second kappa shape index (κ2) is 6.10. The van der Waals surface area contributed by atoms with E-state index in [0.717, 1.165) is 12.5 Å². The van der Waals surface area contributed by atoms with Gasteiger partial charge in [-0.2, -0.15) is 0 Å². The summed E-state index contributed by atoms with van der Waals surface area (Å²) in [5.41, 5.74) is 7.35. The average molecular weight is 248 g/mol. The van der Waals surface area contributed by atoms with Crippen LogP contribution in [0.3, 0.4) is 0 Å². The molecular weight excluding hydrogens is 224 g/mol. The van der Waals surface area contributed by atoms with Gasteiger partial charge < -0.3 is 15.7 Å². The molecule has 0 saturated heterocycles. The molecule has 0 bridgehead atoms. The SMILES string of the molecule is CN(Cc1ccc(O)c(N)c1)CC1CCCCC1. The summed E-state index contributed by atoms with van der Waals surface area (Å²) in [6, 6.07) is 5.49. The van der Waals surface area contributed by atoms with E-state index in [2.05, 4.69) is 11.9 Å². The molecule has 0 heterocycles. The third-order valence-corrected chi connectivity index (χ3v) is 3.84. The number of nitrogens with two attached hydrogens (primary N) is 1. The number of aromatic hydroxyl groups is 1. The normalized spacial score (nSPS) is 17.2. The molecular formula is C15H24N2O. The smallest absolute Gasteiger partial charge is 0.138 e. The van der Waals surface area contributed by atoms with Crippen LogP contribution >= 0.6 is 0 Å². The maximum atomic E-state index is 9.40. The lowest BCUT2D eigenvalue weighted by molar-refractivity contribution is 0.228. The number of nitrogen functional groups attached to an aromatic ring is 1. The van der Waals surface area contributed by atoms with Crippen LogP contribution in [0.25, 0.3) is 0 Å². The van der Waals surface area contributed by atoms with Crippen molar-refractivity contribution in [3.05, 3.63) is 23.8 Å². The Labute approximate surface area is 110 Å². The minimum Gasteiger partial charge on any atom is -0.506 e. The molecule has 1 fully saturated rings. The molecule has 1 aromatic carbocycles. The van der Waals surface area contributed by atoms with Crippen LogP contribution in [0.5, 0.6) is 5.75 Å². The number of hydrogen-bond donors (Lipinski definition) is 2. The zero-order valence-electron chi connectivity index (χ0n) is 11.2. The Hall–Kier alpha value is -1.22. The number of benzene rings is 1. The monoisotopic (exact) mass is 248 g/mol. The predicted octanol–water partition coefficient (Wildman–Crippen LogP) is 2.99. The van der Waals surface area contributed by atoms with Crippen molar-refractivity contribution < 1.29 is 5.11 Å². The maximum absolute atomic E-state index is 9.40. The summed E-state index contributed by atoms with van der Waals surface area (Å²) in [7, 11) is 2.16. The molecule has 3 nitrogen and oxygen atoms in total. The molecule has 1 aliphatic carbocycles. The Morgan fingerprint density at radius 2 is 2.00 bits per heavy atom. The van der Waals surface area contributed by atoms with Crippen molar-refractivity contribution in [1.82, 2.24) is 4.90 Å². The second-order valence-electron chi connectivity index (χ2n) is 5.59. The first-order valence-corrected chi connectivity index (χ1v) is 6.91. The molecule has 1 aliphatic rings. The Balaban J connectivity index is 1.85. The molecule has 0 atom stereocenters. The van der Waals surface area contributed by atoms with Crippen LogP contribution < -0.4 is 5.73 Å². The van der Waals surface area contributed by atoms with E-state index in [-0.39, 0.29) is 5.75 Å². The molecule has 2 rings (SSSR count). The summed E-state index contributed by atoms with van der Waals surface area (Å²) in [6.45, 7) is 2.07. The number of hydrogen-bond acceptors (Lipinski definition) is 3. The fourth-order valence-corrected chi connectivity index (χ4v) is 2.89. The van der Waals surface area contributed by atoms with Crippen molar-refractivity contribution in [2.75, 3.05) is 19.3 Å². The van der Waals surface area contributed by atoms with Gasteiger partial charge in [0.25, 0.3) is 0 Å². The number of rotatable bonds is 4. The fraction of sp³-hybridized carbons (Fsp3) is 0.600. The Morgan fingerprint density at radius 3 is 2.67 bits per heavy atom. The molecule has 0 aromatic heterocycles. The van der Waals surface area contributed by atoms with Crippen molar-refractivity contribution in [2.24, 2.45) is 5.92 Å². The molecule has 100 valence electrons. The van der Waals surface area contributed by atoms with Gasteiger partial charge in [-0.15, -0.1) is 0 Å². The first-order valence-electron chi connectivity index (χ1n) is 6.91. The average Bonchev–Trinajstić information content (AvgIpc) is 2.35. The highest BCUT2D eigenvalue weighted by Crippen LogP contribution is 2.25. The Kier molecular flexibility index (Phi) is 4.48. The van der Waals surface area contributed by atoms with E-state index in [1.807, 2.05) is 12.1 Å². The van der Waals surface area contributed by atoms with Gasteiger partial charge in [-0.05, 0) is 43.5 Å². The first kappa shape index (κ1) is 13.2. The summed E-state index contributed by atoms with van der Waals surface area (Å²) in [5.74, 6) is 1.03. The van der Waals surface area contributed by atoms with E-state index in [9.17, 15) is 5.11 Å². The Bertz CT molecular complexity index is 386. The van der Waals surface area contributed by atoms with E-state index < -0.39 is 0 Å². The van der Waals surface area contributed by atoms with Gasteiger partial charge in [-0.25, -0.2) is 0 Å². The van der Waals surface area contributed by atoms with Crippen LogP contribution in [0.15, 0.2) is 18.2 Å². The van der Waals surface area contributed by atoms with E-state index >= 15 is 0 Å². The first-order chi connectivity index (χ1) is 8.65. The molecule has 0 radical (unpaired) electrons. The Morgan fingerprint density at radius 1 is 1.28 bits per heavy atom. The molecule has 0 spiro atoms. The van der Waals surface area contributed by atoms with E-state index in [0.29, 0.717) is 5.69 Å². The van der Waals surface area contributed by atoms with Crippen molar-refractivity contribution in [3.8, 4) is 5.75 Å². The molecule has 18 heavy (non-hydrogen) atoms. The van der Waals surface area contributed by atoms with Crippen LogP contribution in [0.1, 0.15) is 37.7 Å². The number of phenols is 1. The standard InChI is InChI=1S/C15H24N2O/c1-17(10-12-5-3-2-4-6-12)11-13-7-8-15(18)14(16)9-13/h7-9,12,18H,2-6,10-11,16H2,1H3. The maximum Gasteiger partial charge on any atom is 0.138 e. The van der Waals surface area contributed by atoms with Gasteiger partial charge in [-0.1, -0.05) is 25.3 Å². The highest BCUT2D eigenvalue weighted by Gasteiger charge is 2.15. The zero-order chi connectivity index (χ0) is 13.0. The molecule has 0 amide bonds. The zero-order valence-corrected chi connectivity index (χ0v) is 11.2. The van der Waals surface area contributed by atoms with Gasteiger partial charge in [0.2, 0.25) is 0 Å². The fourth-order valence-electron chi connectivity index (χ4n) is 2.89. The molecule has 3 heteroatoms. The third-order valence-electron chi connectivity index (χ3n) is 3.84. The van der Waals surface area contributed by atoms with Crippen LogP contribution in [-0.4, -0.2) is 23.6 Å². The predicted molar refractivity (Wildman–Crippen MR) is 75.4 cm³/mol. The third kappa shape index (κ3) is 3.64. The minimum absolute atomic E-state index is 0.175. The van der Waals surface area contributed by atoms with Gasteiger partial charge in [0, 0.05) is 13.1 Å². The van der Waals surface area contributed by atoms with Gasteiger partial charge in [0.1, 0.15) is 5.75 Å². The van der Waals surface area contributed by atoms with E-state index in [4.69, 9.17) is 5.73 Å². The van der Waals surface area contributed by atoms with Crippen LogP contribution in [0.4, 0.5) is 5.69 Å². The van der Waals surface area contributed by atoms with E-state index in [1.165, 1.54) is 44.2 Å². The summed E-state index contributed by atoms with van der Waals surface area (Å²) >= 11 is 0.